The summed E-state index contributed by atoms with van der Waals surface area (Å²) in [6, 6.07) is 8.73. The first-order valence-electron chi connectivity index (χ1n) is 10.8. The predicted molar refractivity (Wildman–Crippen MR) is 121 cm³/mol. The van der Waals surface area contributed by atoms with Crippen molar-refractivity contribution in [1.82, 2.24) is 0 Å². The fourth-order valence-electron chi connectivity index (χ4n) is 3.62. The summed E-state index contributed by atoms with van der Waals surface area (Å²) < 4.78 is 0. The Kier molecular flexibility index (Phi) is 8.96. The zero-order valence-electron chi connectivity index (χ0n) is 18.1. The molecule has 0 radical (unpaired) electrons. The van der Waals surface area contributed by atoms with Crippen molar-refractivity contribution in [3.8, 4) is 0 Å². The molecule has 1 heterocycles. The Hall–Kier alpha value is -2.76. The monoisotopic (exact) mass is 414 g/mol. The van der Waals surface area contributed by atoms with Crippen molar-refractivity contribution < 1.29 is 19.8 Å². The molecular weight excluding hydrogens is 380 g/mol. The maximum absolute atomic E-state index is 10.8. The Morgan fingerprint density at radius 2 is 1.83 bits per heavy atom. The lowest BCUT2D eigenvalue weighted by molar-refractivity contribution is -0.145. The highest BCUT2D eigenvalue weighted by molar-refractivity contribution is 5.90. The highest BCUT2D eigenvalue weighted by Gasteiger charge is 2.34. The number of carboxylic acid groups (broad SMARTS) is 2. The zero-order chi connectivity index (χ0) is 22.0. The number of benzene rings is 1. The van der Waals surface area contributed by atoms with E-state index in [1.165, 1.54) is 81.7 Å². The molecule has 1 aromatic carbocycles. The van der Waals surface area contributed by atoms with Crippen LogP contribution in [0.3, 0.4) is 0 Å². The average Bonchev–Trinajstić information content (AvgIpc) is 2.75. The molecule has 3 rings (SSSR count). The van der Waals surface area contributed by atoms with E-state index >= 15 is 0 Å². The summed E-state index contributed by atoms with van der Waals surface area (Å²) in [5.74, 6) is -2.06. The average molecular weight is 415 g/mol. The van der Waals surface area contributed by atoms with Gasteiger partial charge in [-0.1, -0.05) is 43.7 Å². The van der Waals surface area contributed by atoms with Gasteiger partial charge in [0.25, 0.3) is 0 Å². The van der Waals surface area contributed by atoms with Crippen molar-refractivity contribution in [2.75, 3.05) is 29.9 Å². The molecule has 30 heavy (non-hydrogen) atoms. The minimum Gasteiger partial charge on any atom is -0.481 e. The van der Waals surface area contributed by atoms with Crippen molar-refractivity contribution in [3.63, 3.8) is 0 Å². The summed E-state index contributed by atoms with van der Waals surface area (Å²) in [5.41, 5.74) is 1.75. The molecule has 0 spiro atoms. The third kappa shape index (κ3) is 6.65. The minimum absolute atomic E-state index is 0.0359. The first-order chi connectivity index (χ1) is 14.4. The molecule has 0 saturated carbocycles. The number of nitrogens with one attached hydrogen (secondary N) is 1. The van der Waals surface area contributed by atoms with Crippen LogP contribution in [-0.2, 0) is 9.59 Å². The van der Waals surface area contributed by atoms with Crippen LogP contribution in [0.25, 0.3) is 0 Å². The van der Waals surface area contributed by atoms with E-state index in [4.69, 9.17) is 10.2 Å². The number of hydrogen-bond acceptors (Lipinski definition) is 4. The molecule has 1 saturated heterocycles. The van der Waals surface area contributed by atoms with Gasteiger partial charge in [0.05, 0.1) is 16.8 Å². The molecule has 3 N–H and O–H groups in total. The molecule has 0 bridgehead atoms. The van der Waals surface area contributed by atoms with Gasteiger partial charge in [0.2, 0.25) is 0 Å². The number of para-hydroxylation sites is 2. The third-order valence-electron chi connectivity index (χ3n) is 5.53. The van der Waals surface area contributed by atoms with Gasteiger partial charge in [-0.25, -0.2) is 4.79 Å². The van der Waals surface area contributed by atoms with E-state index < -0.39 is 17.4 Å². The minimum atomic E-state index is -1.08. The first kappa shape index (κ1) is 23.5. The lowest BCUT2D eigenvalue weighted by Gasteiger charge is -2.30. The molecule has 1 unspecified atom stereocenters. The second-order valence-electron chi connectivity index (χ2n) is 8.10. The normalized spacial score (nSPS) is 20.6. The smallest absolute Gasteiger partial charge is 0.331 e. The summed E-state index contributed by atoms with van der Waals surface area (Å²) in [6.07, 6.45) is 11.0. The number of carboxylic acids is 2. The van der Waals surface area contributed by atoms with E-state index in [-0.39, 0.29) is 12.0 Å². The van der Waals surface area contributed by atoms with E-state index in [0.29, 0.717) is 0 Å². The number of carbonyl (C=O) groups is 2. The molecule has 0 aromatic heterocycles. The topological polar surface area (TPSA) is 89.9 Å². The number of nitrogens with zero attached hydrogens (tertiary/aromatic N) is 1. The molecule has 1 aromatic rings. The number of allylic oxidation sites excluding steroid dienone is 2. The van der Waals surface area contributed by atoms with Crippen molar-refractivity contribution in [1.29, 1.82) is 0 Å². The maximum Gasteiger partial charge on any atom is 0.331 e. The number of rotatable bonds is 7. The van der Waals surface area contributed by atoms with Gasteiger partial charge in [-0.05, 0) is 51.2 Å². The SMILES string of the molecule is CC1(C(=O)O)C=CC=C(C(=O)O)C1.CCCCNc1ccccc1N1CCCCC1. The number of hydrogen-bond donors (Lipinski definition) is 3. The standard InChI is InChI=1S/C15H24N2.C9H10O4/c1-2-3-11-16-14-9-5-6-10-15(14)17-12-7-4-8-13-17;1-9(8(12)13)4-2-3-6(5-9)7(10)11/h5-6,9-10,16H,2-4,7-8,11-13H2,1H3;2-4H,5H2,1H3,(H,10,11)(H,12,13). The van der Waals surface area contributed by atoms with Crippen LogP contribution in [0.1, 0.15) is 52.4 Å². The molecule has 1 fully saturated rings. The van der Waals surface area contributed by atoms with E-state index in [2.05, 4.69) is 41.4 Å². The van der Waals surface area contributed by atoms with Gasteiger partial charge in [-0.3, -0.25) is 4.79 Å². The molecule has 6 heteroatoms. The summed E-state index contributed by atoms with van der Waals surface area (Å²) in [7, 11) is 0. The number of anilines is 2. The van der Waals surface area contributed by atoms with Crippen LogP contribution in [0.15, 0.2) is 48.1 Å². The molecular formula is C24H34N2O4. The third-order valence-corrected chi connectivity index (χ3v) is 5.53. The Morgan fingerprint density at radius 1 is 1.13 bits per heavy atom. The second-order valence-corrected chi connectivity index (χ2v) is 8.10. The predicted octanol–water partition coefficient (Wildman–Crippen LogP) is 4.94. The molecule has 1 aliphatic carbocycles. The van der Waals surface area contributed by atoms with Crippen LogP contribution in [0.2, 0.25) is 0 Å². The van der Waals surface area contributed by atoms with Gasteiger partial charge in [0.1, 0.15) is 0 Å². The van der Waals surface area contributed by atoms with Crippen molar-refractivity contribution in [2.24, 2.45) is 5.41 Å². The van der Waals surface area contributed by atoms with E-state index in [0.717, 1.165) is 6.54 Å². The molecule has 1 atom stereocenters. The van der Waals surface area contributed by atoms with Gasteiger partial charge in [0.15, 0.2) is 0 Å². The van der Waals surface area contributed by atoms with Crippen LogP contribution in [-0.4, -0.2) is 41.8 Å². The molecule has 6 nitrogen and oxygen atoms in total. The van der Waals surface area contributed by atoms with Crippen LogP contribution < -0.4 is 10.2 Å². The maximum atomic E-state index is 10.8. The van der Waals surface area contributed by atoms with E-state index in [1.807, 2.05) is 0 Å². The summed E-state index contributed by atoms with van der Waals surface area (Å²) in [4.78, 5) is 23.9. The number of aliphatic carboxylic acids is 2. The molecule has 2 aliphatic rings. The van der Waals surface area contributed by atoms with Crippen molar-refractivity contribution in [3.05, 3.63) is 48.1 Å². The number of piperidine rings is 1. The van der Waals surface area contributed by atoms with Crippen molar-refractivity contribution in [2.45, 2.75) is 52.4 Å². The Balaban J connectivity index is 0.000000222. The number of unbranched alkanes of at least 4 members (excludes halogenated alkanes) is 1. The van der Waals surface area contributed by atoms with Crippen LogP contribution in [0.4, 0.5) is 11.4 Å². The highest BCUT2D eigenvalue weighted by atomic mass is 16.4. The Labute approximate surface area is 179 Å². The highest BCUT2D eigenvalue weighted by Crippen LogP contribution is 2.31. The van der Waals surface area contributed by atoms with Gasteiger partial charge in [-0.2, -0.15) is 0 Å². The molecule has 164 valence electrons. The lowest BCUT2D eigenvalue weighted by Crippen LogP contribution is -2.30. The summed E-state index contributed by atoms with van der Waals surface area (Å²) in [5, 5.41) is 21.1. The Bertz CT molecular complexity index is 781. The quantitative estimate of drug-likeness (QED) is 0.548. The van der Waals surface area contributed by atoms with Gasteiger partial charge in [0, 0.05) is 25.2 Å². The molecule has 1 aliphatic heterocycles. The van der Waals surface area contributed by atoms with E-state index in [1.54, 1.807) is 0 Å². The van der Waals surface area contributed by atoms with E-state index in [9.17, 15) is 9.59 Å². The van der Waals surface area contributed by atoms with Gasteiger partial charge >= 0.3 is 11.9 Å². The van der Waals surface area contributed by atoms with Gasteiger partial charge in [-0.15, -0.1) is 0 Å². The Morgan fingerprint density at radius 3 is 2.47 bits per heavy atom. The van der Waals surface area contributed by atoms with Crippen LogP contribution in [0.5, 0.6) is 0 Å². The zero-order valence-corrected chi connectivity index (χ0v) is 18.1. The van der Waals surface area contributed by atoms with Crippen LogP contribution in [0, 0.1) is 5.41 Å². The fraction of sp³-hybridized carbons (Fsp3) is 0.500. The summed E-state index contributed by atoms with van der Waals surface area (Å²) in [6.45, 7) is 7.25. The van der Waals surface area contributed by atoms with Gasteiger partial charge < -0.3 is 20.4 Å². The van der Waals surface area contributed by atoms with Crippen molar-refractivity contribution >= 4 is 23.3 Å². The first-order valence-corrected chi connectivity index (χ1v) is 10.8. The van der Waals surface area contributed by atoms with Crippen LogP contribution >= 0.6 is 0 Å². The largest absolute Gasteiger partial charge is 0.481 e. The lowest BCUT2D eigenvalue weighted by atomic mass is 9.80. The molecule has 0 amide bonds. The second kappa shape index (κ2) is 11.4. The summed E-state index contributed by atoms with van der Waals surface area (Å²) >= 11 is 0. The fourth-order valence-corrected chi connectivity index (χ4v) is 3.62.